The van der Waals surface area contributed by atoms with Gasteiger partial charge in [-0.3, -0.25) is 4.79 Å². The predicted molar refractivity (Wildman–Crippen MR) is 122 cm³/mol. The third-order valence-electron chi connectivity index (χ3n) is 5.36. The van der Waals surface area contributed by atoms with Crippen LogP contribution in [0.5, 0.6) is 0 Å². The van der Waals surface area contributed by atoms with Crippen molar-refractivity contribution in [1.29, 1.82) is 0 Å². The number of nitrogens with zero attached hydrogens (tertiary/aromatic N) is 1. The Hall–Kier alpha value is -2.05. The summed E-state index contributed by atoms with van der Waals surface area (Å²) in [6.45, 7) is 6.47. The van der Waals surface area contributed by atoms with Crippen molar-refractivity contribution in [2.45, 2.75) is 33.1 Å². The van der Waals surface area contributed by atoms with Crippen LogP contribution in [0.1, 0.15) is 49.0 Å². The summed E-state index contributed by atoms with van der Waals surface area (Å²) in [5.41, 5.74) is -0.366. The van der Waals surface area contributed by atoms with Gasteiger partial charge in [-0.25, -0.2) is 8.78 Å². The molecular formula is C23H25ClF2N2OS. The number of anilines is 1. The number of carbonyl (C=O) groups excluding carboxylic acids is 1. The molecule has 2 aromatic carbocycles. The Morgan fingerprint density at radius 1 is 1.13 bits per heavy atom. The summed E-state index contributed by atoms with van der Waals surface area (Å²) >= 11 is 11.8. The second kappa shape index (κ2) is 9.40. The summed E-state index contributed by atoms with van der Waals surface area (Å²) < 4.78 is 28.3. The van der Waals surface area contributed by atoms with Crippen molar-refractivity contribution in [2.24, 2.45) is 5.41 Å². The molecule has 0 radical (unpaired) electrons. The van der Waals surface area contributed by atoms with Gasteiger partial charge >= 0.3 is 0 Å². The van der Waals surface area contributed by atoms with Crippen LogP contribution < -0.4 is 5.32 Å². The average molecular weight is 451 g/mol. The Morgan fingerprint density at radius 3 is 2.40 bits per heavy atom. The van der Waals surface area contributed by atoms with Gasteiger partial charge < -0.3 is 10.2 Å². The number of rotatable bonds is 6. The Balaban J connectivity index is 1.83. The Morgan fingerprint density at radius 2 is 1.77 bits per heavy atom. The van der Waals surface area contributed by atoms with E-state index in [1.165, 1.54) is 18.6 Å². The number of nitrogens with one attached hydrogen (secondary N) is 1. The van der Waals surface area contributed by atoms with E-state index in [1.807, 2.05) is 13.8 Å². The maximum atomic E-state index is 14.2. The number of likely N-dealkylation sites (tertiary alicyclic amines) is 1. The van der Waals surface area contributed by atoms with Gasteiger partial charge in [0, 0.05) is 41.3 Å². The smallest absolute Gasteiger partial charge is 0.201 e. The summed E-state index contributed by atoms with van der Waals surface area (Å²) in [6.07, 6.45) is 3.49. The number of carbonyl (C=O) groups is 1. The molecule has 1 N–H and O–H groups in total. The molecule has 0 saturated carbocycles. The van der Waals surface area contributed by atoms with Crippen LogP contribution in [0.15, 0.2) is 36.4 Å². The second-order valence-electron chi connectivity index (χ2n) is 8.21. The van der Waals surface area contributed by atoms with Gasteiger partial charge in [0.25, 0.3) is 0 Å². The molecule has 0 atom stereocenters. The van der Waals surface area contributed by atoms with Crippen LogP contribution >= 0.6 is 23.8 Å². The van der Waals surface area contributed by atoms with Crippen LogP contribution in [0.25, 0.3) is 0 Å². The maximum Gasteiger partial charge on any atom is 0.201 e. The van der Waals surface area contributed by atoms with E-state index in [9.17, 15) is 13.6 Å². The average Bonchev–Trinajstić information content (AvgIpc) is 2.72. The van der Waals surface area contributed by atoms with Crippen molar-refractivity contribution in [2.75, 3.05) is 25.0 Å². The molecule has 1 aliphatic rings. The quantitative estimate of drug-likeness (QED) is 0.425. The van der Waals surface area contributed by atoms with Crippen LogP contribution in [-0.2, 0) is 0 Å². The van der Waals surface area contributed by atoms with E-state index < -0.39 is 23.0 Å². The molecule has 1 heterocycles. The number of thiocarbonyl (C=S) groups is 1. The molecule has 0 aliphatic carbocycles. The number of halogens is 3. The molecule has 7 heteroatoms. The molecule has 30 heavy (non-hydrogen) atoms. The predicted octanol–water partition coefficient (Wildman–Crippen LogP) is 6.10. The van der Waals surface area contributed by atoms with E-state index in [4.69, 9.17) is 23.8 Å². The minimum absolute atomic E-state index is 0.117. The monoisotopic (exact) mass is 450 g/mol. The summed E-state index contributed by atoms with van der Waals surface area (Å²) in [5.74, 6) is -2.57. The first-order valence-electron chi connectivity index (χ1n) is 10.0. The highest BCUT2D eigenvalue weighted by molar-refractivity contribution is 7.80. The van der Waals surface area contributed by atoms with Crippen LogP contribution in [0, 0.1) is 17.0 Å². The normalized spacial score (nSPS) is 14.5. The van der Waals surface area contributed by atoms with Gasteiger partial charge in [-0.05, 0) is 49.6 Å². The molecular weight excluding hydrogens is 426 g/mol. The third kappa shape index (κ3) is 4.98. The van der Waals surface area contributed by atoms with Crippen molar-refractivity contribution in [1.82, 2.24) is 4.90 Å². The van der Waals surface area contributed by atoms with E-state index in [1.54, 1.807) is 12.1 Å². The molecule has 1 aliphatic heterocycles. The van der Waals surface area contributed by atoms with E-state index in [0.29, 0.717) is 17.3 Å². The van der Waals surface area contributed by atoms with Crippen molar-refractivity contribution < 1.29 is 13.6 Å². The largest absolute Gasteiger partial charge is 0.383 e. The first-order chi connectivity index (χ1) is 14.2. The molecule has 3 nitrogen and oxygen atoms in total. The highest BCUT2D eigenvalue weighted by Gasteiger charge is 2.29. The molecule has 1 fully saturated rings. The molecule has 0 amide bonds. The van der Waals surface area contributed by atoms with Crippen LogP contribution in [0.3, 0.4) is 0 Å². The van der Waals surface area contributed by atoms with Gasteiger partial charge in [-0.1, -0.05) is 43.7 Å². The number of benzene rings is 2. The zero-order chi connectivity index (χ0) is 21.9. The number of piperidine rings is 1. The first kappa shape index (κ1) is 22.6. The maximum absolute atomic E-state index is 14.2. The Kier molecular flexibility index (Phi) is 7.09. The third-order valence-corrected chi connectivity index (χ3v) is 6.40. The van der Waals surface area contributed by atoms with Gasteiger partial charge in [0.15, 0.2) is 0 Å². The zero-order valence-corrected chi connectivity index (χ0v) is 18.7. The molecule has 0 bridgehead atoms. The van der Waals surface area contributed by atoms with Crippen LogP contribution in [0.2, 0.25) is 5.02 Å². The molecule has 2 aromatic rings. The lowest BCUT2D eigenvalue weighted by Crippen LogP contribution is -2.45. The fraction of sp³-hybridized carbons (Fsp3) is 0.391. The highest BCUT2D eigenvalue weighted by Crippen LogP contribution is 2.29. The zero-order valence-electron chi connectivity index (χ0n) is 17.1. The van der Waals surface area contributed by atoms with Gasteiger partial charge in [0.1, 0.15) is 11.6 Å². The summed E-state index contributed by atoms with van der Waals surface area (Å²) in [4.78, 5) is 16.1. The Bertz CT molecular complexity index is 938. The Labute approximate surface area is 186 Å². The van der Waals surface area contributed by atoms with Crippen molar-refractivity contribution in [3.63, 3.8) is 0 Å². The van der Waals surface area contributed by atoms with Gasteiger partial charge in [-0.15, -0.1) is 0 Å². The molecule has 0 spiro atoms. The van der Waals surface area contributed by atoms with Gasteiger partial charge in [-0.2, -0.15) is 0 Å². The molecule has 3 rings (SSSR count). The number of hydrogen-bond donors (Lipinski definition) is 1. The molecule has 0 aromatic heterocycles. The van der Waals surface area contributed by atoms with Gasteiger partial charge in [0.05, 0.1) is 10.6 Å². The molecule has 0 unspecified atom stereocenters. The van der Waals surface area contributed by atoms with E-state index >= 15 is 0 Å². The van der Waals surface area contributed by atoms with E-state index in [-0.39, 0.29) is 11.0 Å². The lowest BCUT2D eigenvalue weighted by atomic mass is 9.91. The minimum atomic E-state index is -0.905. The number of ketones is 1. The number of hydrogen-bond acceptors (Lipinski definition) is 3. The SMILES string of the molecule is CC(C)(CNc1ccc(Cl)cc1C(=O)c1c(F)cccc1F)C(=S)N1CCCCC1. The lowest BCUT2D eigenvalue weighted by molar-refractivity contribution is 0.103. The van der Waals surface area contributed by atoms with E-state index in [2.05, 4.69) is 10.2 Å². The lowest BCUT2D eigenvalue weighted by Gasteiger charge is -2.37. The summed E-state index contributed by atoms with van der Waals surface area (Å²) in [6, 6.07) is 8.06. The molecule has 1 saturated heterocycles. The van der Waals surface area contributed by atoms with Crippen LogP contribution in [0.4, 0.5) is 14.5 Å². The summed E-state index contributed by atoms with van der Waals surface area (Å²) in [5, 5.41) is 3.56. The minimum Gasteiger partial charge on any atom is -0.383 e. The van der Waals surface area contributed by atoms with Crippen LogP contribution in [-0.4, -0.2) is 35.3 Å². The first-order valence-corrected chi connectivity index (χ1v) is 10.8. The second-order valence-corrected chi connectivity index (χ2v) is 9.03. The fourth-order valence-corrected chi connectivity index (χ4v) is 4.05. The summed E-state index contributed by atoms with van der Waals surface area (Å²) in [7, 11) is 0. The van der Waals surface area contributed by atoms with Gasteiger partial charge in [0.2, 0.25) is 5.78 Å². The topological polar surface area (TPSA) is 32.3 Å². The van der Waals surface area contributed by atoms with Crippen molar-refractivity contribution >= 4 is 40.3 Å². The standard InChI is InChI=1S/C23H25ClF2N2OS/c1-23(2,22(30)28-11-4-3-5-12-28)14-27-19-10-9-15(24)13-16(19)21(29)20-17(25)7-6-8-18(20)26/h6-10,13,27H,3-5,11-12,14H2,1-2H3. The highest BCUT2D eigenvalue weighted by atomic mass is 35.5. The molecule has 160 valence electrons. The van der Waals surface area contributed by atoms with E-state index in [0.717, 1.165) is 43.1 Å². The van der Waals surface area contributed by atoms with Crippen molar-refractivity contribution in [3.8, 4) is 0 Å². The fourth-order valence-electron chi connectivity index (χ4n) is 3.62. The van der Waals surface area contributed by atoms with Crippen molar-refractivity contribution in [3.05, 3.63) is 64.2 Å².